The molecule has 2 rings (SSSR count). The molecular weight excluding hydrogens is 388 g/mol. The summed E-state index contributed by atoms with van der Waals surface area (Å²) in [4.78, 5) is 18.6. The number of unbranched alkanes of at least 4 members (excludes halogenated alkanes) is 3. The maximum absolute atomic E-state index is 11.7. The number of hydrogen-bond donors (Lipinski definition) is 2. The number of hydrogen-bond acceptors (Lipinski definition) is 4. The van der Waals surface area contributed by atoms with E-state index in [1.54, 1.807) is 0 Å². The number of guanidine groups is 1. The average molecular weight is 431 g/mol. The lowest BCUT2D eigenvalue weighted by atomic mass is 10.0. The summed E-state index contributed by atoms with van der Waals surface area (Å²) in [6.07, 6.45) is 6.90. The van der Waals surface area contributed by atoms with Crippen LogP contribution in [0, 0.1) is 0 Å². The fraction of sp³-hybridized carbons (Fsp3) is 0.680. The number of carbonyl (C=O) groups is 1. The molecule has 0 aliphatic carbocycles. The van der Waals surface area contributed by atoms with Crippen LogP contribution < -0.4 is 10.6 Å². The van der Waals surface area contributed by atoms with Crippen molar-refractivity contribution in [3.63, 3.8) is 0 Å². The molecule has 6 heteroatoms. The first-order valence-corrected chi connectivity index (χ1v) is 11.8. The Balaban J connectivity index is 1.52. The number of rotatable bonds is 10. The van der Waals surface area contributed by atoms with Crippen molar-refractivity contribution in [1.82, 2.24) is 15.5 Å². The zero-order valence-corrected chi connectivity index (χ0v) is 20.0. The number of benzene rings is 1. The smallest absolute Gasteiger partial charge is 0.306 e. The van der Waals surface area contributed by atoms with Gasteiger partial charge in [0.25, 0.3) is 0 Å². The van der Waals surface area contributed by atoms with E-state index in [9.17, 15) is 4.79 Å². The second-order valence-electron chi connectivity index (χ2n) is 9.43. The van der Waals surface area contributed by atoms with Crippen molar-refractivity contribution < 1.29 is 9.53 Å². The van der Waals surface area contributed by atoms with Crippen LogP contribution in [0.3, 0.4) is 0 Å². The van der Waals surface area contributed by atoms with Gasteiger partial charge < -0.3 is 15.4 Å². The largest absolute Gasteiger partial charge is 0.460 e. The average Bonchev–Trinajstić information content (AvgIpc) is 2.73. The molecule has 0 aromatic heterocycles. The minimum Gasteiger partial charge on any atom is -0.460 e. The van der Waals surface area contributed by atoms with Crippen LogP contribution in [0.25, 0.3) is 0 Å². The van der Waals surface area contributed by atoms with E-state index in [0.717, 1.165) is 70.7 Å². The Labute approximate surface area is 188 Å². The lowest BCUT2D eigenvalue weighted by Crippen LogP contribution is -2.48. The summed E-state index contributed by atoms with van der Waals surface area (Å²) in [6.45, 7) is 9.89. The fourth-order valence-corrected chi connectivity index (χ4v) is 3.81. The molecule has 2 N–H and O–H groups in total. The molecule has 0 atom stereocenters. The lowest BCUT2D eigenvalue weighted by Gasteiger charge is -2.33. The molecule has 0 amide bonds. The summed E-state index contributed by atoms with van der Waals surface area (Å²) in [5.74, 6) is 0.806. The molecule has 31 heavy (non-hydrogen) atoms. The van der Waals surface area contributed by atoms with Gasteiger partial charge in [-0.2, -0.15) is 0 Å². The quantitative estimate of drug-likeness (QED) is 0.253. The predicted molar refractivity (Wildman–Crippen MR) is 128 cm³/mol. The summed E-state index contributed by atoms with van der Waals surface area (Å²) in [7, 11) is 1.83. The van der Waals surface area contributed by atoms with E-state index >= 15 is 0 Å². The van der Waals surface area contributed by atoms with Crippen LogP contribution in [0.15, 0.2) is 35.3 Å². The maximum Gasteiger partial charge on any atom is 0.306 e. The summed E-state index contributed by atoms with van der Waals surface area (Å²) in [6, 6.07) is 11.2. The number of likely N-dealkylation sites (tertiary alicyclic amines) is 1. The van der Waals surface area contributed by atoms with Gasteiger partial charge >= 0.3 is 5.97 Å². The zero-order chi connectivity index (χ0) is 22.5. The summed E-state index contributed by atoms with van der Waals surface area (Å²) >= 11 is 0. The topological polar surface area (TPSA) is 66.0 Å². The second kappa shape index (κ2) is 13.4. The number of aliphatic imine (C=N–C) groups is 1. The van der Waals surface area contributed by atoms with E-state index in [2.05, 4.69) is 50.9 Å². The zero-order valence-electron chi connectivity index (χ0n) is 20.0. The first-order valence-electron chi connectivity index (χ1n) is 11.8. The standard InChI is InChI=1S/C25H42N4O2/c1-25(2,3)31-23(30)14-10-5-6-11-17-27-24(26-4)28-22-15-18-29(19-16-22)20-21-12-8-7-9-13-21/h7-9,12-13,22H,5-6,10-11,14-20H2,1-4H3,(H2,26,27,28). The van der Waals surface area contributed by atoms with Crippen molar-refractivity contribution in [2.24, 2.45) is 4.99 Å². The Morgan fingerprint density at radius 1 is 1.10 bits per heavy atom. The fourth-order valence-electron chi connectivity index (χ4n) is 3.81. The molecule has 1 aliphatic rings. The minimum absolute atomic E-state index is 0.0926. The number of piperidine rings is 1. The molecule has 0 unspecified atom stereocenters. The van der Waals surface area contributed by atoms with Gasteiger partial charge in [-0.1, -0.05) is 43.2 Å². The predicted octanol–water partition coefficient (Wildman–Crippen LogP) is 4.11. The molecule has 6 nitrogen and oxygen atoms in total. The summed E-state index contributed by atoms with van der Waals surface area (Å²) in [5.41, 5.74) is 1.00. The molecular formula is C25H42N4O2. The van der Waals surface area contributed by atoms with Gasteiger partial charge in [0.2, 0.25) is 0 Å². The van der Waals surface area contributed by atoms with Crippen LogP contribution in [0.4, 0.5) is 0 Å². The Bertz CT molecular complexity index is 662. The molecule has 0 bridgehead atoms. The van der Waals surface area contributed by atoms with E-state index in [4.69, 9.17) is 4.74 Å². The van der Waals surface area contributed by atoms with E-state index in [0.29, 0.717) is 12.5 Å². The molecule has 174 valence electrons. The van der Waals surface area contributed by atoms with Crippen molar-refractivity contribution in [3.8, 4) is 0 Å². The molecule has 1 fully saturated rings. The molecule has 1 aliphatic heterocycles. The van der Waals surface area contributed by atoms with Crippen LogP contribution >= 0.6 is 0 Å². The van der Waals surface area contributed by atoms with Crippen molar-refractivity contribution in [1.29, 1.82) is 0 Å². The monoisotopic (exact) mass is 430 g/mol. The molecule has 0 saturated carbocycles. The molecule has 1 aromatic carbocycles. The number of nitrogens with zero attached hydrogens (tertiary/aromatic N) is 2. The summed E-state index contributed by atoms with van der Waals surface area (Å²) in [5, 5.41) is 7.01. The first kappa shape index (κ1) is 25.2. The van der Waals surface area contributed by atoms with Gasteiger partial charge in [-0.25, -0.2) is 0 Å². The highest BCUT2D eigenvalue weighted by Crippen LogP contribution is 2.14. The van der Waals surface area contributed by atoms with Gasteiger partial charge in [-0.15, -0.1) is 0 Å². The molecule has 0 radical (unpaired) electrons. The third-order valence-electron chi connectivity index (χ3n) is 5.42. The lowest BCUT2D eigenvalue weighted by molar-refractivity contribution is -0.154. The van der Waals surface area contributed by atoms with Gasteiger partial charge in [-0.05, 0) is 52.0 Å². The number of ether oxygens (including phenoxy) is 1. The highest BCUT2D eigenvalue weighted by molar-refractivity contribution is 5.79. The highest BCUT2D eigenvalue weighted by Gasteiger charge is 2.20. The van der Waals surface area contributed by atoms with Crippen molar-refractivity contribution >= 4 is 11.9 Å². The van der Waals surface area contributed by atoms with Crippen LogP contribution in [-0.4, -0.2) is 55.2 Å². The van der Waals surface area contributed by atoms with Gasteiger partial charge in [0.1, 0.15) is 5.60 Å². The number of carbonyl (C=O) groups excluding carboxylic acids is 1. The van der Waals surface area contributed by atoms with Crippen LogP contribution in [-0.2, 0) is 16.1 Å². The van der Waals surface area contributed by atoms with E-state index in [-0.39, 0.29) is 11.6 Å². The Hall–Kier alpha value is -2.08. The van der Waals surface area contributed by atoms with Crippen molar-refractivity contribution in [2.45, 2.75) is 83.9 Å². The van der Waals surface area contributed by atoms with E-state index in [1.165, 1.54) is 5.56 Å². The van der Waals surface area contributed by atoms with Crippen molar-refractivity contribution in [2.75, 3.05) is 26.7 Å². The van der Waals surface area contributed by atoms with Crippen LogP contribution in [0.5, 0.6) is 0 Å². The van der Waals surface area contributed by atoms with Crippen LogP contribution in [0.1, 0.15) is 71.3 Å². The van der Waals surface area contributed by atoms with Gasteiger partial charge in [0, 0.05) is 45.7 Å². The molecule has 0 spiro atoms. The van der Waals surface area contributed by atoms with Crippen LogP contribution in [0.2, 0.25) is 0 Å². The third-order valence-corrected chi connectivity index (χ3v) is 5.42. The summed E-state index contributed by atoms with van der Waals surface area (Å²) < 4.78 is 5.34. The second-order valence-corrected chi connectivity index (χ2v) is 9.43. The first-order chi connectivity index (χ1) is 14.9. The van der Waals surface area contributed by atoms with Crippen molar-refractivity contribution in [3.05, 3.63) is 35.9 Å². The number of esters is 1. The maximum atomic E-state index is 11.7. The third kappa shape index (κ3) is 11.2. The Morgan fingerprint density at radius 3 is 2.42 bits per heavy atom. The van der Waals surface area contributed by atoms with Gasteiger partial charge in [0.15, 0.2) is 5.96 Å². The number of nitrogens with one attached hydrogen (secondary N) is 2. The normalized spacial score (nSPS) is 16.2. The minimum atomic E-state index is -0.387. The van der Waals surface area contributed by atoms with Gasteiger partial charge in [0.05, 0.1) is 0 Å². The SMILES string of the molecule is CN=C(NCCCCCCC(=O)OC(C)(C)C)NC1CCN(Cc2ccccc2)CC1. The molecule has 1 saturated heterocycles. The van der Waals surface area contributed by atoms with Gasteiger partial charge in [-0.3, -0.25) is 14.7 Å². The Kier molecular flexibility index (Phi) is 10.9. The molecule has 1 heterocycles. The Morgan fingerprint density at radius 2 is 1.77 bits per heavy atom. The highest BCUT2D eigenvalue weighted by atomic mass is 16.6. The molecule has 1 aromatic rings. The van der Waals surface area contributed by atoms with E-state index in [1.807, 2.05) is 27.8 Å². The van der Waals surface area contributed by atoms with E-state index < -0.39 is 0 Å².